The summed E-state index contributed by atoms with van der Waals surface area (Å²) in [6.45, 7) is 1.79. The first-order valence-corrected chi connectivity index (χ1v) is 11.9. The van der Waals surface area contributed by atoms with Gasteiger partial charge in [0.1, 0.15) is 0 Å². The van der Waals surface area contributed by atoms with Gasteiger partial charge in [-0.3, -0.25) is 19.2 Å². The highest BCUT2D eigenvalue weighted by Gasteiger charge is 2.47. The molecule has 1 aliphatic heterocycles. The van der Waals surface area contributed by atoms with Gasteiger partial charge in [-0.2, -0.15) is 0 Å². The van der Waals surface area contributed by atoms with Crippen LogP contribution < -0.4 is 4.72 Å². The van der Waals surface area contributed by atoms with Gasteiger partial charge in [0.25, 0.3) is 10.0 Å². The van der Waals surface area contributed by atoms with Crippen LogP contribution in [0.15, 0.2) is 47.4 Å². The van der Waals surface area contributed by atoms with Crippen molar-refractivity contribution in [3.8, 4) is 0 Å². The third-order valence-electron chi connectivity index (χ3n) is 5.89. The van der Waals surface area contributed by atoms with Gasteiger partial charge >= 0.3 is 0 Å². The van der Waals surface area contributed by atoms with E-state index in [0.29, 0.717) is 21.8 Å². The average Bonchev–Trinajstić information content (AvgIpc) is 2.94. The van der Waals surface area contributed by atoms with E-state index < -0.39 is 10.0 Å². The fourth-order valence-corrected chi connectivity index (χ4v) is 5.90. The first-order chi connectivity index (χ1) is 14.3. The molecular formula is C22H23ClN2O4S. The smallest absolute Gasteiger partial charge is 0.262 e. The summed E-state index contributed by atoms with van der Waals surface area (Å²) in [5.41, 5.74) is 1.54. The van der Waals surface area contributed by atoms with Crippen LogP contribution in [-0.4, -0.2) is 25.1 Å². The molecule has 0 spiro atoms. The molecule has 2 atom stereocenters. The Morgan fingerprint density at radius 1 is 1.03 bits per heavy atom. The summed E-state index contributed by atoms with van der Waals surface area (Å²) in [6.07, 6.45) is 3.44. The van der Waals surface area contributed by atoms with E-state index >= 15 is 0 Å². The molecule has 4 rings (SSSR count). The number of rotatable bonds is 5. The van der Waals surface area contributed by atoms with Crippen molar-refractivity contribution in [3.63, 3.8) is 0 Å². The van der Waals surface area contributed by atoms with Crippen LogP contribution in [0.3, 0.4) is 0 Å². The number of carbonyl (C=O) groups is 2. The number of hydrogen-bond donors (Lipinski definition) is 1. The zero-order chi connectivity index (χ0) is 21.5. The van der Waals surface area contributed by atoms with Crippen molar-refractivity contribution < 1.29 is 18.0 Å². The van der Waals surface area contributed by atoms with Crippen LogP contribution in [0.25, 0.3) is 0 Å². The fraction of sp³-hybridized carbons (Fsp3) is 0.364. The number of halogens is 1. The quantitative estimate of drug-likeness (QED) is 0.700. The summed E-state index contributed by atoms with van der Waals surface area (Å²) in [5, 5.41) is 0.424. The molecule has 2 aromatic carbocycles. The molecule has 0 aromatic heterocycles. The van der Waals surface area contributed by atoms with Crippen LogP contribution in [0.1, 0.15) is 36.8 Å². The number of imide groups is 1. The zero-order valence-corrected chi connectivity index (χ0v) is 18.2. The number of amides is 2. The Bertz CT molecular complexity index is 1090. The van der Waals surface area contributed by atoms with Crippen molar-refractivity contribution in [2.75, 3.05) is 4.72 Å². The molecule has 2 fully saturated rings. The van der Waals surface area contributed by atoms with Gasteiger partial charge in [-0.05, 0) is 55.2 Å². The second-order valence-corrected chi connectivity index (χ2v) is 10.1. The van der Waals surface area contributed by atoms with Gasteiger partial charge in [-0.15, -0.1) is 0 Å². The normalized spacial score (nSPS) is 21.6. The molecule has 2 aliphatic rings. The number of nitrogens with zero attached hydrogens (tertiary/aromatic N) is 1. The minimum absolute atomic E-state index is 0.0879. The van der Waals surface area contributed by atoms with Crippen LogP contribution >= 0.6 is 11.6 Å². The number of carbonyl (C=O) groups excluding carboxylic acids is 2. The Labute approximate surface area is 181 Å². The van der Waals surface area contributed by atoms with Gasteiger partial charge in [0.05, 0.1) is 29.0 Å². The van der Waals surface area contributed by atoms with E-state index in [1.165, 1.54) is 17.0 Å². The Hall–Kier alpha value is -2.38. The molecule has 2 aromatic rings. The zero-order valence-electron chi connectivity index (χ0n) is 16.6. The lowest BCUT2D eigenvalue weighted by Crippen LogP contribution is -2.30. The molecule has 30 heavy (non-hydrogen) atoms. The van der Waals surface area contributed by atoms with Gasteiger partial charge in [0, 0.05) is 5.02 Å². The molecule has 1 heterocycles. The summed E-state index contributed by atoms with van der Waals surface area (Å²) in [7, 11) is -3.86. The van der Waals surface area contributed by atoms with Crippen LogP contribution in [-0.2, 0) is 26.2 Å². The third kappa shape index (κ3) is 3.96. The monoisotopic (exact) mass is 446 g/mol. The number of aryl methyl sites for hydroxylation is 1. The summed E-state index contributed by atoms with van der Waals surface area (Å²) in [5.74, 6) is -0.702. The molecular weight excluding hydrogens is 424 g/mol. The lowest BCUT2D eigenvalue weighted by atomic mass is 9.81. The predicted molar refractivity (Wildman–Crippen MR) is 114 cm³/mol. The van der Waals surface area contributed by atoms with Crippen molar-refractivity contribution in [2.45, 2.75) is 44.0 Å². The van der Waals surface area contributed by atoms with Crippen LogP contribution in [0.5, 0.6) is 0 Å². The van der Waals surface area contributed by atoms with E-state index in [-0.39, 0.29) is 35.1 Å². The Morgan fingerprint density at radius 3 is 2.33 bits per heavy atom. The molecule has 0 radical (unpaired) electrons. The standard InChI is InChI=1S/C22H23ClN2O4S/c1-14-9-10-15(13-25-21(26)18-7-2-3-8-19(18)22(25)27)11-20(14)30(28,29)24-17-6-4-5-16(23)12-17/h4-6,9-12,18-19,24H,2-3,7-8,13H2,1H3/t18-,19+. The number of sulfonamides is 1. The highest BCUT2D eigenvalue weighted by atomic mass is 35.5. The maximum atomic E-state index is 13.0. The number of anilines is 1. The van der Waals surface area contributed by atoms with Crippen molar-refractivity contribution in [3.05, 3.63) is 58.6 Å². The van der Waals surface area contributed by atoms with Crippen LogP contribution in [0, 0.1) is 18.8 Å². The molecule has 1 saturated carbocycles. The fourth-order valence-electron chi connectivity index (χ4n) is 4.36. The minimum Gasteiger partial charge on any atom is -0.280 e. The summed E-state index contributed by atoms with van der Waals surface area (Å²) >= 11 is 5.95. The van der Waals surface area contributed by atoms with E-state index in [9.17, 15) is 18.0 Å². The largest absolute Gasteiger partial charge is 0.280 e. The van der Waals surface area contributed by atoms with Gasteiger partial charge in [0.2, 0.25) is 11.8 Å². The number of benzene rings is 2. The lowest BCUT2D eigenvalue weighted by Gasteiger charge is -2.19. The molecule has 158 valence electrons. The first kappa shape index (κ1) is 20.9. The molecule has 1 aliphatic carbocycles. The maximum absolute atomic E-state index is 13.0. The van der Waals surface area contributed by atoms with Gasteiger partial charge in [0.15, 0.2) is 0 Å². The average molecular weight is 447 g/mol. The second-order valence-electron chi connectivity index (χ2n) is 7.98. The lowest BCUT2D eigenvalue weighted by molar-refractivity contribution is -0.140. The summed E-state index contributed by atoms with van der Waals surface area (Å²) < 4.78 is 28.4. The molecule has 1 N–H and O–H groups in total. The number of likely N-dealkylation sites (tertiary alicyclic amines) is 1. The second kappa shape index (κ2) is 8.04. The molecule has 8 heteroatoms. The summed E-state index contributed by atoms with van der Waals surface area (Å²) in [4.78, 5) is 26.9. The third-order valence-corrected chi connectivity index (χ3v) is 7.65. The molecule has 1 saturated heterocycles. The number of nitrogens with one attached hydrogen (secondary N) is 1. The molecule has 2 amide bonds. The Kier molecular flexibility index (Phi) is 5.59. The highest BCUT2D eigenvalue weighted by molar-refractivity contribution is 7.92. The predicted octanol–water partition coefficient (Wildman–Crippen LogP) is 4.12. The van der Waals surface area contributed by atoms with Gasteiger partial charge < -0.3 is 0 Å². The SMILES string of the molecule is Cc1ccc(CN2C(=O)[C@H]3CCCC[C@H]3C2=O)cc1S(=O)(=O)Nc1cccc(Cl)c1. The minimum atomic E-state index is -3.86. The van der Waals surface area contributed by atoms with E-state index in [4.69, 9.17) is 11.6 Å². The Morgan fingerprint density at radius 2 is 1.70 bits per heavy atom. The Balaban J connectivity index is 1.59. The van der Waals surface area contributed by atoms with Crippen molar-refractivity contribution in [2.24, 2.45) is 11.8 Å². The summed E-state index contributed by atoms with van der Waals surface area (Å²) in [6, 6.07) is 11.5. The van der Waals surface area contributed by atoms with Crippen molar-refractivity contribution >= 4 is 39.1 Å². The van der Waals surface area contributed by atoms with E-state index in [1.807, 2.05) is 0 Å². The van der Waals surface area contributed by atoms with E-state index in [1.54, 1.807) is 37.3 Å². The first-order valence-electron chi connectivity index (χ1n) is 9.99. The van der Waals surface area contributed by atoms with Crippen molar-refractivity contribution in [1.82, 2.24) is 4.90 Å². The number of fused-ring (bicyclic) bond motifs is 1. The molecule has 0 bridgehead atoms. The van der Waals surface area contributed by atoms with Gasteiger partial charge in [-0.1, -0.05) is 42.6 Å². The van der Waals surface area contributed by atoms with Crippen LogP contribution in [0.4, 0.5) is 5.69 Å². The van der Waals surface area contributed by atoms with Crippen molar-refractivity contribution in [1.29, 1.82) is 0 Å². The highest BCUT2D eigenvalue weighted by Crippen LogP contribution is 2.38. The van der Waals surface area contributed by atoms with E-state index in [0.717, 1.165) is 25.7 Å². The van der Waals surface area contributed by atoms with Crippen LogP contribution in [0.2, 0.25) is 5.02 Å². The topological polar surface area (TPSA) is 83.6 Å². The molecule has 0 unspecified atom stereocenters. The molecule has 6 nitrogen and oxygen atoms in total. The van der Waals surface area contributed by atoms with E-state index in [2.05, 4.69) is 4.72 Å². The van der Waals surface area contributed by atoms with Gasteiger partial charge in [-0.25, -0.2) is 8.42 Å². The number of hydrogen-bond acceptors (Lipinski definition) is 4. The maximum Gasteiger partial charge on any atom is 0.262 e.